The quantitative estimate of drug-likeness (QED) is 0.363. The van der Waals surface area contributed by atoms with Crippen molar-refractivity contribution in [1.29, 1.82) is 0 Å². The summed E-state index contributed by atoms with van der Waals surface area (Å²) >= 11 is 1.59. The SMILES string of the molecule is O=C(/C=C/c1ccc(F)cc1)N1CCc2sccc2C1c1ccc(C(F)(F)F)cc1. The monoisotopic (exact) mass is 431 g/mol. The Morgan fingerprint density at radius 2 is 1.73 bits per heavy atom. The van der Waals surface area contributed by atoms with Crippen molar-refractivity contribution in [2.24, 2.45) is 0 Å². The Bertz CT molecular complexity index is 1070. The van der Waals surface area contributed by atoms with Crippen molar-refractivity contribution in [2.45, 2.75) is 18.6 Å². The van der Waals surface area contributed by atoms with Crippen LogP contribution in [0.2, 0.25) is 0 Å². The molecule has 1 amide bonds. The molecule has 0 radical (unpaired) electrons. The first-order valence-corrected chi connectivity index (χ1v) is 10.2. The molecule has 1 atom stereocenters. The minimum absolute atomic E-state index is 0.249. The molecule has 0 saturated carbocycles. The molecule has 0 N–H and O–H groups in total. The molecule has 4 rings (SSSR count). The van der Waals surface area contributed by atoms with Crippen LogP contribution in [0.4, 0.5) is 17.6 Å². The van der Waals surface area contributed by atoms with Crippen molar-refractivity contribution in [3.05, 3.63) is 99.0 Å². The number of carbonyl (C=O) groups excluding carboxylic acids is 1. The van der Waals surface area contributed by atoms with Crippen LogP contribution in [0.1, 0.15) is 33.2 Å². The molecule has 1 aliphatic heterocycles. The van der Waals surface area contributed by atoms with Crippen molar-refractivity contribution in [1.82, 2.24) is 4.90 Å². The van der Waals surface area contributed by atoms with Gasteiger partial charge >= 0.3 is 6.18 Å². The summed E-state index contributed by atoms with van der Waals surface area (Å²) in [6.45, 7) is 0.464. The molecular formula is C23H17F4NOS. The van der Waals surface area contributed by atoms with Crippen LogP contribution in [0.25, 0.3) is 6.08 Å². The number of benzene rings is 2. The van der Waals surface area contributed by atoms with Crippen molar-refractivity contribution in [3.8, 4) is 0 Å². The number of nitrogens with zero attached hydrogens (tertiary/aromatic N) is 1. The largest absolute Gasteiger partial charge is 0.416 e. The molecule has 154 valence electrons. The van der Waals surface area contributed by atoms with Crippen LogP contribution in [0.3, 0.4) is 0 Å². The van der Waals surface area contributed by atoms with Gasteiger partial charge in [0.05, 0.1) is 11.6 Å². The lowest BCUT2D eigenvalue weighted by atomic mass is 9.92. The summed E-state index contributed by atoms with van der Waals surface area (Å²) in [5, 5.41) is 1.93. The van der Waals surface area contributed by atoms with Gasteiger partial charge in [0.2, 0.25) is 5.91 Å². The van der Waals surface area contributed by atoms with Gasteiger partial charge in [0.15, 0.2) is 0 Å². The molecule has 2 heterocycles. The molecule has 3 aromatic rings. The lowest BCUT2D eigenvalue weighted by Gasteiger charge is -2.35. The van der Waals surface area contributed by atoms with Gasteiger partial charge in [0.1, 0.15) is 5.82 Å². The molecular weight excluding hydrogens is 414 g/mol. The van der Waals surface area contributed by atoms with Crippen LogP contribution in [0, 0.1) is 5.82 Å². The zero-order valence-corrected chi connectivity index (χ0v) is 16.5. The highest BCUT2D eigenvalue weighted by atomic mass is 32.1. The highest BCUT2D eigenvalue weighted by Gasteiger charge is 2.34. The van der Waals surface area contributed by atoms with Crippen molar-refractivity contribution >= 4 is 23.3 Å². The van der Waals surface area contributed by atoms with Gasteiger partial charge in [-0.25, -0.2) is 4.39 Å². The Hall–Kier alpha value is -2.93. The van der Waals surface area contributed by atoms with E-state index in [1.54, 1.807) is 34.4 Å². The molecule has 2 aromatic carbocycles. The highest BCUT2D eigenvalue weighted by Crippen LogP contribution is 2.39. The van der Waals surface area contributed by atoms with Crippen molar-refractivity contribution in [3.63, 3.8) is 0 Å². The van der Waals surface area contributed by atoms with Gasteiger partial charge < -0.3 is 4.90 Å². The summed E-state index contributed by atoms with van der Waals surface area (Å²) in [6.07, 6.45) is -0.692. The maximum atomic E-state index is 13.1. The van der Waals surface area contributed by atoms with Crippen LogP contribution < -0.4 is 0 Å². The normalized spacial score (nSPS) is 16.7. The number of hydrogen-bond donors (Lipinski definition) is 0. The Kier molecular flexibility index (Phi) is 5.47. The predicted octanol–water partition coefficient (Wildman–Crippen LogP) is 6.09. The second kappa shape index (κ2) is 8.07. The fourth-order valence-electron chi connectivity index (χ4n) is 3.60. The van der Waals surface area contributed by atoms with Gasteiger partial charge in [0.25, 0.3) is 0 Å². The van der Waals surface area contributed by atoms with Gasteiger partial charge in [-0.1, -0.05) is 24.3 Å². The van der Waals surface area contributed by atoms with E-state index in [-0.39, 0.29) is 11.7 Å². The lowest BCUT2D eigenvalue weighted by molar-refractivity contribution is -0.137. The van der Waals surface area contributed by atoms with E-state index in [9.17, 15) is 22.4 Å². The van der Waals surface area contributed by atoms with Crippen molar-refractivity contribution in [2.75, 3.05) is 6.54 Å². The number of alkyl halides is 3. The topological polar surface area (TPSA) is 20.3 Å². The van der Waals surface area contributed by atoms with Gasteiger partial charge in [-0.2, -0.15) is 13.2 Å². The van der Waals surface area contributed by atoms with Crippen LogP contribution in [-0.4, -0.2) is 17.4 Å². The summed E-state index contributed by atoms with van der Waals surface area (Å²) in [5.41, 5.74) is 1.53. The third-order valence-electron chi connectivity index (χ3n) is 5.09. The molecule has 0 spiro atoms. The lowest BCUT2D eigenvalue weighted by Crippen LogP contribution is -2.39. The first kappa shape index (κ1) is 20.3. The summed E-state index contributed by atoms with van der Waals surface area (Å²) in [5.74, 6) is -0.608. The van der Waals surface area contributed by atoms with Gasteiger partial charge in [-0.3, -0.25) is 4.79 Å². The number of rotatable bonds is 3. The Labute approximate surface area is 175 Å². The summed E-state index contributed by atoms with van der Waals surface area (Å²) in [7, 11) is 0. The fourth-order valence-corrected chi connectivity index (χ4v) is 4.51. The predicted molar refractivity (Wildman–Crippen MR) is 108 cm³/mol. The second-order valence-corrected chi connectivity index (χ2v) is 7.99. The number of carbonyl (C=O) groups is 1. The average molecular weight is 431 g/mol. The standard InChI is InChI=1S/C23H17F4NOS/c24-18-8-1-15(2-9-18)3-10-21(29)28-13-11-20-19(12-14-30-20)22(28)16-4-6-17(7-5-16)23(25,26)27/h1-10,12,14,22H,11,13H2/b10-3+. The molecule has 0 bridgehead atoms. The maximum absolute atomic E-state index is 13.1. The number of amides is 1. The van der Waals surface area contributed by atoms with Gasteiger partial charge in [0, 0.05) is 17.5 Å². The van der Waals surface area contributed by atoms with E-state index >= 15 is 0 Å². The van der Waals surface area contributed by atoms with E-state index in [0.717, 1.165) is 22.6 Å². The van der Waals surface area contributed by atoms with E-state index in [1.165, 1.54) is 30.3 Å². The van der Waals surface area contributed by atoms with E-state index in [2.05, 4.69) is 0 Å². The molecule has 0 aliphatic carbocycles. The van der Waals surface area contributed by atoms with Crippen LogP contribution >= 0.6 is 11.3 Å². The third-order valence-corrected chi connectivity index (χ3v) is 6.09. The first-order valence-electron chi connectivity index (χ1n) is 9.30. The zero-order valence-electron chi connectivity index (χ0n) is 15.7. The van der Waals surface area contributed by atoms with E-state index in [1.807, 2.05) is 11.4 Å². The number of fused-ring (bicyclic) bond motifs is 1. The fraction of sp³-hybridized carbons (Fsp3) is 0.174. The Morgan fingerprint density at radius 3 is 2.40 bits per heavy atom. The zero-order chi connectivity index (χ0) is 21.3. The van der Waals surface area contributed by atoms with Crippen LogP contribution in [-0.2, 0) is 17.4 Å². The summed E-state index contributed by atoms with van der Waals surface area (Å²) in [4.78, 5) is 15.8. The minimum Gasteiger partial charge on any atom is -0.328 e. The molecule has 1 aliphatic rings. The average Bonchev–Trinajstić information content (AvgIpc) is 3.21. The molecule has 2 nitrogen and oxygen atoms in total. The summed E-state index contributed by atoms with van der Waals surface area (Å²) in [6, 6.07) is 12.2. The second-order valence-electron chi connectivity index (χ2n) is 6.99. The van der Waals surface area contributed by atoms with E-state index in [0.29, 0.717) is 24.1 Å². The molecule has 0 saturated heterocycles. The maximum Gasteiger partial charge on any atom is 0.416 e. The smallest absolute Gasteiger partial charge is 0.328 e. The molecule has 0 fully saturated rings. The number of hydrogen-bond acceptors (Lipinski definition) is 2. The number of thiophene rings is 1. The minimum atomic E-state index is -4.41. The molecule has 1 unspecified atom stereocenters. The highest BCUT2D eigenvalue weighted by molar-refractivity contribution is 7.10. The van der Waals surface area contributed by atoms with Crippen LogP contribution in [0.5, 0.6) is 0 Å². The van der Waals surface area contributed by atoms with E-state index in [4.69, 9.17) is 0 Å². The number of halogens is 4. The molecule has 30 heavy (non-hydrogen) atoms. The first-order chi connectivity index (χ1) is 14.3. The van der Waals surface area contributed by atoms with E-state index < -0.39 is 17.8 Å². The Balaban J connectivity index is 1.64. The summed E-state index contributed by atoms with van der Waals surface area (Å²) < 4.78 is 51.9. The molecule has 1 aromatic heterocycles. The Morgan fingerprint density at radius 1 is 1.03 bits per heavy atom. The van der Waals surface area contributed by atoms with Gasteiger partial charge in [-0.15, -0.1) is 11.3 Å². The third kappa shape index (κ3) is 4.16. The van der Waals surface area contributed by atoms with Gasteiger partial charge in [-0.05, 0) is 64.9 Å². The van der Waals surface area contributed by atoms with Crippen molar-refractivity contribution < 1.29 is 22.4 Å². The van der Waals surface area contributed by atoms with Crippen LogP contribution in [0.15, 0.2) is 66.1 Å². The molecule has 7 heteroatoms.